The third-order valence-corrected chi connectivity index (χ3v) is 27.6. The molecule has 12 aromatic rings. The lowest BCUT2D eigenvalue weighted by Gasteiger charge is -2.50. The van der Waals surface area contributed by atoms with Gasteiger partial charge in [0.2, 0.25) is 23.5 Å². The van der Waals surface area contributed by atoms with Gasteiger partial charge in [-0.1, -0.05) is 96.1 Å². The molecule has 0 saturated carbocycles. The van der Waals surface area contributed by atoms with Crippen LogP contribution in [0.5, 0.6) is 5.75 Å². The van der Waals surface area contributed by atoms with Gasteiger partial charge in [-0.15, -0.1) is 0 Å². The SMILES string of the molecule is C=CC(=O)N1CC2C(=O)N(C)c3c(c4cc(F)c(-c5cc(N)ccc5Cl)c(F)c4n(-c4c(C)ccnc4C(C)C)c3=O)N2CC1C.C=CC(=O)N1CC2CCOc3c(c4cc(F)c(-c5cc(N)ccc5Cl)c(F)c4n(-c4c(C)ccnc4C(C)C)c3=O)N2CC1C.C=CC(=O)N1CC2CCc3c(c4cc(F)c(-c5cc(N)ccc5Cl)c(F)c4n(-c4c(C)ccnc4C(C)C)c3=O)N2CC1C. The number of nitrogen functional groups attached to an aromatic ring is 3. The van der Waals surface area contributed by atoms with Crippen LogP contribution in [0.25, 0.3) is 83.2 Å². The molecule has 18 rings (SSSR count). The molecule has 6 N–H and O–H groups in total. The van der Waals surface area contributed by atoms with Gasteiger partial charge in [0.1, 0.15) is 29.2 Å². The Bertz CT molecular complexity index is 7250. The topological polar surface area (TPSA) is 283 Å². The average molecular weight is 1900 g/mol. The fourth-order valence-corrected chi connectivity index (χ4v) is 20.8. The first-order valence-corrected chi connectivity index (χ1v) is 45.6. The summed E-state index contributed by atoms with van der Waals surface area (Å²) in [6.45, 7) is 35.2. The molecule has 24 nitrogen and oxygen atoms in total. The van der Waals surface area contributed by atoms with Crippen molar-refractivity contribution in [1.29, 1.82) is 0 Å². The number of ether oxygens (including phenoxy) is 1. The van der Waals surface area contributed by atoms with Gasteiger partial charge in [0.15, 0.2) is 17.5 Å². The van der Waals surface area contributed by atoms with Crippen LogP contribution in [0.15, 0.2) is 162 Å². The zero-order chi connectivity index (χ0) is 97.3. The molecule has 3 saturated heterocycles. The number of nitrogens with two attached hydrogens (primary N) is 3. The Hall–Kier alpha value is -13.5. The molecular formula is C102H101Cl3F6N16O8. The molecule has 700 valence electrons. The number of hydrogen-bond acceptors (Lipinski definition) is 17. The van der Waals surface area contributed by atoms with Crippen LogP contribution < -0.4 is 58.2 Å². The Morgan fingerprint density at radius 1 is 0.444 bits per heavy atom. The highest BCUT2D eigenvalue weighted by molar-refractivity contribution is 6.34. The van der Waals surface area contributed by atoms with Gasteiger partial charge in [0, 0.05) is 159 Å². The number of fused-ring (bicyclic) bond motifs is 15. The summed E-state index contributed by atoms with van der Waals surface area (Å²) < 4.78 is 111. The standard InChI is InChI=1S/C34H33ClF2N6O3.C34H34ClF2N5O3.C34H34ClF2N5O2/c1-7-25(44)41-15-24-33(45)40(6)32-31(42(24)14-18(41)5)21-13-23(36)26(20-12-19(38)8-9-22(20)35)27(37)30(21)43(34(32)46)29-17(4)10-11-39-28(29)16(2)3;1-6-26(43)40-16-21-10-12-45-33-32(41(21)15-19(40)5)23-14-25(36)27(22-13-20(38)7-8-24(22)35)28(37)31(23)42(34(33)44)30-18(4)9-11-39-29(30)17(2)3;1-6-27(43)40-16-21-8-9-22-32(41(21)15-19(40)5)24-14-26(36)28(23-13-20(38)7-10-25(23)35)29(37)33(24)42(34(22)44)31-18(4)11-12-39-30(31)17(2)3/h7-13,16,18,24H,1,14-15,38H2,2-6H3;6-9,11,13-14,17,19,21H,1,10,12,15-16,38H2,2-5H3;6-7,10-14,17,19,21H,1,8-9,15-16,38H2,2-5H3. The fourth-order valence-electron chi connectivity index (χ4n) is 20.2. The molecule has 0 radical (unpaired) electrons. The summed E-state index contributed by atoms with van der Waals surface area (Å²) in [4.78, 5) is 122. The van der Waals surface area contributed by atoms with E-state index in [0.29, 0.717) is 113 Å². The Kier molecular flexibility index (Phi) is 25.8. The molecule has 4 amide bonds. The zero-order valence-electron chi connectivity index (χ0n) is 76.7. The second-order valence-corrected chi connectivity index (χ2v) is 37.4. The number of carbonyl (C=O) groups is 4. The maximum atomic E-state index is 17.3. The first kappa shape index (κ1) is 94.7. The third-order valence-electron chi connectivity index (χ3n) is 26.6. The highest BCUT2D eigenvalue weighted by atomic mass is 35.5. The van der Waals surface area contributed by atoms with Crippen molar-refractivity contribution in [3.8, 4) is 56.2 Å². The zero-order valence-corrected chi connectivity index (χ0v) is 79.0. The van der Waals surface area contributed by atoms with Crippen LogP contribution in [0.3, 0.4) is 0 Å². The number of likely N-dealkylation sites (N-methyl/N-ethyl adjacent to an activating group) is 1. The van der Waals surface area contributed by atoms with E-state index in [1.54, 1.807) is 77.5 Å². The number of amides is 4. The van der Waals surface area contributed by atoms with Gasteiger partial charge < -0.3 is 56.2 Å². The molecule has 6 aliphatic heterocycles. The second kappa shape index (κ2) is 36.7. The Morgan fingerprint density at radius 3 is 1.19 bits per heavy atom. The second-order valence-electron chi connectivity index (χ2n) is 36.2. The number of anilines is 7. The van der Waals surface area contributed by atoms with E-state index in [2.05, 4.69) is 39.6 Å². The van der Waals surface area contributed by atoms with Crippen molar-refractivity contribution in [2.75, 3.05) is 89.7 Å². The number of aromatic nitrogens is 6. The number of nitrogens with zero attached hydrogens (tertiary/aromatic N) is 13. The molecule has 3 fully saturated rings. The molecular weight excluding hydrogens is 1800 g/mol. The molecule has 6 atom stereocenters. The number of carbonyl (C=O) groups excluding carboxylic acids is 4. The monoisotopic (exact) mass is 1900 g/mol. The van der Waals surface area contributed by atoms with Crippen molar-refractivity contribution in [3.63, 3.8) is 0 Å². The highest BCUT2D eigenvalue weighted by Gasteiger charge is 2.49. The maximum Gasteiger partial charge on any atom is 0.300 e. The summed E-state index contributed by atoms with van der Waals surface area (Å²) >= 11 is 19.4. The van der Waals surface area contributed by atoms with Crippen LogP contribution in [0.4, 0.5) is 66.2 Å². The van der Waals surface area contributed by atoms with Gasteiger partial charge in [-0.25, -0.2) is 26.3 Å². The first-order chi connectivity index (χ1) is 64.2. The van der Waals surface area contributed by atoms with Crippen LogP contribution in [-0.2, 0) is 25.6 Å². The van der Waals surface area contributed by atoms with Gasteiger partial charge in [-0.3, -0.25) is 62.2 Å². The Balaban J connectivity index is 0.000000147. The van der Waals surface area contributed by atoms with E-state index in [4.69, 9.17) is 56.7 Å². The number of pyridine rings is 6. The van der Waals surface area contributed by atoms with Crippen molar-refractivity contribution in [3.05, 3.63) is 268 Å². The Labute approximate surface area is 790 Å². The lowest BCUT2D eigenvalue weighted by Crippen LogP contribution is -2.66. The smallest absolute Gasteiger partial charge is 0.300 e. The molecule has 6 aromatic carbocycles. The normalized spacial score (nSPS) is 17.9. The molecule has 6 unspecified atom stereocenters. The number of piperazine rings is 3. The molecule has 0 aliphatic carbocycles. The van der Waals surface area contributed by atoms with E-state index in [-0.39, 0.29) is 183 Å². The molecule has 135 heavy (non-hydrogen) atoms. The molecule has 0 bridgehead atoms. The van der Waals surface area contributed by atoms with E-state index in [1.807, 2.05) is 74.1 Å². The lowest BCUT2D eigenvalue weighted by molar-refractivity contribution is -0.131. The van der Waals surface area contributed by atoms with Crippen LogP contribution in [-0.4, -0.2) is 156 Å². The fraction of sp³-hybridized carbons (Fsp3) is 0.314. The minimum Gasteiger partial charge on any atom is -0.486 e. The molecule has 6 aliphatic rings. The van der Waals surface area contributed by atoms with E-state index in [1.165, 1.54) is 109 Å². The molecule has 12 heterocycles. The summed E-state index contributed by atoms with van der Waals surface area (Å²) in [6.07, 6.45) is 10.2. The Morgan fingerprint density at radius 2 is 0.793 bits per heavy atom. The minimum atomic E-state index is -1.02. The van der Waals surface area contributed by atoms with E-state index in [0.717, 1.165) is 5.56 Å². The lowest BCUT2D eigenvalue weighted by atomic mass is 9.89. The van der Waals surface area contributed by atoms with Crippen molar-refractivity contribution < 1.29 is 50.3 Å². The van der Waals surface area contributed by atoms with Gasteiger partial charge in [-0.05, 0) is 198 Å². The van der Waals surface area contributed by atoms with Crippen molar-refractivity contribution in [1.82, 2.24) is 43.4 Å². The summed E-state index contributed by atoms with van der Waals surface area (Å²) in [6, 6.07) is 20.0. The predicted octanol–water partition coefficient (Wildman–Crippen LogP) is 18.5. The minimum absolute atomic E-state index is 0.000367. The van der Waals surface area contributed by atoms with Gasteiger partial charge in [0.05, 0.1) is 104 Å². The van der Waals surface area contributed by atoms with Gasteiger partial charge >= 0.3 is 0 Å². The number of benzene rings is 6. The number of hydrogen-bond donors (Lipinski definition) is 3. The van der Waals surface area contributed by atoms with E-state index < -0.39 is 75.1 Å². The van der Waals surface area contributed by atoms with E-state index in [9.17, 15) is 33.6 Å². The molecule has 33 heteroatoms. The van der Waals surface area contributed by atoms with Crippen LogP contribution >= 0.6 is 34.8 Å². The van der Waals surface area contributed by atoms with Crippen molar-refractivity contribution in [2.24, 2.45) is 0 Å². The van der Waals surface area contributed by atoms with Crippen LogP contribution in [0, 0.1) is 55.7 Å². The highest BCUT2D eigenvalue weighted by Crippen LogP contribution is 2.51. The first-order valence-electron chi connectivity index (χ1n) is 44.5. The summed E-state index contributed by atoms with van der Waals surface area (Å²) in [5.41, 5.74) is 22.2. The third kappa shape index (κ3) is 16.1. The summed E-state index contributed by atoms with van der Waals surface area (Å²) in [5, 5.41) is 0.805. The number of halogens is 9. The average Bonchev–Trinajstić information content (AvgIpc) is 1.01. The maximum absolute atomic E-state index is 17.3. The van der Waals surface area contributed by atoms with Crippen LogP contribution in [0.1, 0.15) is 132 Å². The quantitative estimate of drug-likeness (QED) is 0.0582. The summed E-state index contributed by atoms with van der Waals surface area (Å²) in [7, 11) is 1.46. The number of aryl methyl sites for hydroxylation is 3. The van der Waals surface area contributed by atoms with Crippen molar-refractivity contribution in [2.45, 2.75) is 156 Å². The van der Waals surface area contributed by atoms with Crippen molar-refractivity contribution >= 4 is 131 Å². The molecule has 6 aromatic heterocycles. The van der Waals surface area contributed by atoms with Gasteiger partial charge in [0.25, 0.3) is 22.6 Å². The van der Waals surface area contributed by atoms with Gasteiger partial charge in [-0.2, -0.15) is 0 Å². The van der Waals surface area contributed by atoms with Crippen LogP contribution in [0.2, 0.25) is 15.1 Å². The van der Waals surface area contributed by atoms with E-state index >= 15 is 26.3 Å². The number of rotatable bonds is 12. The predicted molar refractivity (Wildman–Crippen MR) is 522 cm³/mol. The summed E-state index contributed by atoms with van der Waals surface area (Å²) in [5.74, 6) is -7.09. The molecule has 0 spiro atoms. The largest absolute Gasteiger partial charge is 0.486 e.